The topological polar surface area (TPSA) is 50.2 Å². The second-order valence-corrected chi connectivity index (χ2v) is 6.05. The molecule has 0 saturated heterocycles. The third-order valence-corrected chi connectivity index (χ3v) is 4.12. The largest absolute Gasteiger partial charge is 0.478 e. The first-order chi connectivity index (χ1) is 13.5. The number of rotatable bonds is 3. The molecule has 0 saturated carbocycles. The van der Waals surface area contributed by atoms with Gasteiger partial charge in [0.25, 0.3) is 0 Å². The molecule has 0 amide bonds. The molecule has 150 valence electrons. The van der Waals surface area contributed by atoms with Gasteiger partial charge in [-0.1, -0.05) is 24.3 Å². The van der Waals surface area contributed by atoms with Gasteiger partial charge in [-0.3, -0.25) is 0 Å². The van der Waals surface area contributed by atoms with E-state index in [9.17, 15) is 36.2 Å². The standard InChI is InChI=1S/C20H11F6NO2/c21-19(22,23)13-5-1-11(2-6-13)16-10-9-15(18(28)29)17(27-16)12-3-7-14(8-4-12)20(24,25)26/h1-10H,(H,28,29). The minimum Gasteiger partial charge on any atom is -0.478 e. The van der Waals surface area contributed by atoms with E-state index in [0.717, 1.165) is 36.4 Å². The molecule has 2 aromatic carbocycles. The van der Waals surface area contributed by atoms with E-state index in [1.54, 1.807) is 0 Å². The van der Waals surface area contributed by atoms with Crippen LogP contribution < -0.4 is 0 Å². The number of aromatic carboxylic acids is 1. The van der Waals surface area contributed by atoms with Crippen LogP contribution in [0.3, 0.4) is 0 Å². The van der Waals surface area contributed by atoms with Crippen LogP contribution in [-0.4, -0.2) is 16.1 Å². The van der Waals surface area contributed by atoms with Crippen LogP contribution in [0.2, 0.25) is 0 Å². The highest BCUT2D eigenvalue weighted by molar-refractivity contribution is 5.95. The number of halogens is 6. The van der Waals surface area contributed by atoms with Crippen LogP contribution in [0.4, 0.5) is 26.3 Å². The fourth-order valence-electron chi connectivity index (χ4n) is 2.66. The number of hydrogen-bond donors (Lipinski definition) is 1. The molecule has 0 radical (unpaired) electrons. The van der Waals surface area contributed by atoms with Crippen molar-refractivity contribution in [1.82, 2.24) is 4.98 Å². The van der Waals surface area contributed by atoms with Gasteiger partial charge in [0.2, 0.25) is 0 Å². The first-order valence-corrected chi connectivity index (χ1v) is 8.06. The van der Waals surface area contributed by atoms with Gasteiger partial charge in [-0.25, -0.2) is 9.78 Å². The molecule has 1 heterocycles. The van der Waals surface area contributed by atoms with Crippen molar-refractivity contribution >= 4 is 5.97 Å². The number of benzene rings is 2. The van der Waals surface area contributed by atoms with Crippen molar-refractivity contribution < 1.29 is 36.2 Å². The van der Waals surface area contributed by atoms with E-state index in [2.05, 4.69) is 4.98 Å². The van der Waals surface area contributed by atoms with Gasteiger partial charge in [-0.05, 0) is 36.4 Å². The van der Waals surface area contributed by atoms with E-state index in [1.807, 2.05) is 0 Å². The summed E-state index contributed by atoms with van der Waals surface area (Å²) in [4.78, 5) is 15.7. The zero-order valence-electron chi connectivity index (χ0n) is 14.3. The van der Waals surface area contributed by atoms with Gasteiger partial charge in [0.1, 0.15) is 0 Å². The summed E-state index contributed by atoms with van der Waals surface area (Å²) >= 11 is 0. The van der Waals surface area contributed by atoms with E-state index >= 15 is 0 Å². The van der Waals surface area contributed by atoms with Gasteiger partial charge in [0.05, 0.1) is 28.1 Å². The highest BCUT2D eigenvalue weighted by Gasteiger charge is 2.31. The molecule has 0 bridgehead atoms. The van der Waals surface area contributed by atoms with Gasteiger partial charge >= 0.3 is 18.3 Å². The van der Waals surface area contributed by atoms with E-state index in [1.165, 1.54) is 24.3 Å². The predicted octanol–water partition coefficient (Wildman–Crippen LogP) is 6.15. The molecule has 9 heteroatoms. The van der Waals surface area contributed by atoms with E-state index < -0.39 is 29.4 Å². The Balaban J connectivity index is 2.06. The Labute approximate surface area is 160 Å². The Bertz CT molecular complexity index is 1040. The molecule has 3 rings (SSSR count). The zero-order valence-corrected chi connectivity index (χ0v) is 14.3. The Morgan fingerprint density at radius 3 is 1.55 bits per heavy atom. The lowest BCUT2D eigenvalue weighted by Crippen LogP contribution is -2.06. The molecular weight excluding hydrogens is 400 g/mol. The summed E-state index contributed by atoms with van der Waals surface area (Å²) in [6.45, 7) is 0. The molecule has 29 heavy (non-hydrogen) atoms. The van der Waals surface area contributed by atoms with Crippen molar-refractivity contribution in [3.8, 4) is 22.5 Å². The molecule has 0 aliphatic carbocycles. The Hall–Kier alpha value is -3.36. The van der Waals surface area contributed by atoms with Crippen LogP contribution in [0.25, 0.3) is 22.5 Å². The summed E-state index contributed by atoms with van der Waals surface area (Å²) < 4.78 is 76.3. The molecule has 0 fully saturated rings. The summed E-state index contributed by atoms with van der Waals surface area (Å²) in [5.41, 5.74) is -1.50. The smallest absolute Gasteiger partial charge is 0.416 e. The van der Waals surface area contributed by atoms with Crippen molar-refractivity contribution in [2.75, 3.05) is 0 Å². The molecule has 1 aromatic heterocycles. The van der Waals surface area contributed by atoms with Gasteiger partial charge in [-0.15, -0.1) is 0 Å². The van der Waals surface area contributed by atoms with Gasteiger partial charge < -0.3 is 5.11 Å². The monoisotopic (exact) mass is 411 g/mol. The summed E-state index contributed by atoms with van der Waals surface area (Å²) in [7, 11) is 0. The SMILES string of the molecule is O=C(O)c1ccc(-c2ccc(C(F)(F)F)cc2)nc1-c1ccc(C(F)(F)F)cc1. The third-order valence-electron chi connectivity index (χ3n) is 4.12. The summed E-state index contributed by atoms with van der Waals surface area (Å²) in [6.07, 6.45) is -9.06. The van der Waals surface area contributed by atoms with Gasteiger partial charge in [0.15, 0.2) is 0 Å². The van der Waals surface area contributed by atoms with Crippen LogP contribution in [0, 0.1) is 0 Å². The van der Waals surface area contributed by atoms with Crippen molar-refractivity contribution in [2.45, 2.75) is 12.4 Å². The maximum Gasteiger partial charge on any atom is 0.416 e. The summed E-state index contributed by atoms with van der Waals surface area (Å²) in [6, 6.07) is 10.4. The third kappa shape index (κ3) is 4.39. The predicted molar refractivity (Wildman–Crippen MR) is 92.1 cm³/mol. The molecule has 0 aliphatic rings. The van der Waals surface area contributed by atoms with Crippen LogP contribution in [0.1, 0.15) is 21.5 Å². The summed E-state index contributed by atoms with van der Waals surface area (Å²) in [5, 5.41) is 9.35. The first-order valence-electron chi connectivity index (χ1n) is 8.06. The maximum atomic E-state index is 12.7. The van der Waals surface area contributed by atoms with Crippen molar-refractivity contribution in [1.29, 1.82) is 0 Å². The van der Waals surface area contributed by atoms with Gasteiger partial charge in [0, 0.05) is 11.1 Å². The minimum atomic E-state index is -4.55. The second kappa shape index (κ2) is 7.23. The lowest BCUT2D eigenvalue weighted by molar-refractivity contribution is -0.138. The molecule has 3 aromatic rings. The minimum absolute atomic E-state index is 0.0939. The Kier molecular flexibility index (Phi) is 5.08. The zero-order chi connectivity index (χ0) is 21.4. The number of nitrogens with zero attached hydrogens (tertiary/aromatic N) is 1. The highest BCUT2D eigenvalue weighted by atomic mass is 19.4. The van der Waals surface area contributed by atoms with E-state index in [-0.39, 0.29) is 22.5 Å². The molecule has 1 N–H and O–H groups in total. The first kappa shape index (κ1) is 20.4. The number of carboxylic acids is 1. The van der Waals surface area contributed by atoms with Crippen molar-refractivity contribution in [3.05, 3.63) is 77.4 Å². The van der Waals surface area contributed by atoms with Gasteiger partial charge in [-0.2, -0.15) is 26.3 Å². The number of alkyl halides is 6. The summed E-state index contributed by atoms with van der Waals surface area (Å²) in [5.74, 6) is -1.34. The number of pyridine rings is 1. The number of hydrogen-bond acceptors (Lipinski definition) is 2. The second-order valence-electron chi connectivity index (χ2n) is 6.05. The lowest BCUT2D eigenvalue weighted by atomic mass is 10.0. The number of carboxylic acid groups (broad SMARTS) is 1. The molecule has 3 nitrogen and oxygen atoms in total. The van der Waals surface area contributed by atoms with Crippen molar-refractivity contribution in [2.24, 2.45) is 0 Å². The normalized spacial score (nSPS) is 12.1. The maximum absolute atomic E-state index is 12.7. The molecular formula is C20H11F6NO2. The fraction of sp³-hybridized carbons (Fsp3) is 0.100. The van der Waals surface area contributed by atoms with E-state index in [0.29, 0.717) is 5.56 Å². The van der Waals surface area contributed by atoms with E-state index in [4.69, 9.17) is 0 Å². The van der Waals surface area contributed by atoms with Crippen LogP contribution in [0.15, 0.2) is 60.7 Å². The lowest BCUT2D eigenvalue weighted by Gasteiger charge is -2.11. The van der Waals surface area contributed by atoms with Crippen LogP contribution >= 0.6 is 0 Å². The van der Waals surface area contributed by atoms with Crippen LogP contribution in [0.5, 0.6) is 0 Å². The molecule has 0 atom stereocenters. The Morgan fingerprint density at radius 1 is 0.690 bits per heavy atom. The number of aromatic nitrogens is 1. The molecule has 0 spiro atoms. The van der Waals surface area contributed by atoms with Crippen LogP contribution in [-0.2, 0) is 12.4 Å². The quantitative estimate of drug-likeness (QED) is 0.526. The molecule has 0 unspecified atom stereocenters. The average molecular weight is 411 g/mol. The fourth-order valence-corrected chi connectivity index (χ4v) is 2.66. The Morgan fingerprint density at radius 2 is 1.14 bits per heavy atom. The number of carbonyl (C=O) groups is 1. The highest BCUT2D eigenvalue weighted by Crippen LogP contribution is 2.33. The molecule has 0 aliphatic heterocycles. The van der Waals surface area contributed by atoms with Crippen molar-refractivity contribution in [3.63, 3.8) is 0 Å². The average Bonchev–Trinajstić information content (AvgIpc) is 2.66.